The molecular weight excluding hydrogens is 218 g/mol. The zero-order chi connectivity index (χ0) is 12.7. The van der Waals surface area contributed by atoms with E-state index in [-0.39, 0.29) is 12.5 Å². The molecule has 17 heavy (non-hydrogen) atoms. The number of carbonyl (C=O) groups excluding carboxylic acids is 1. The Labute approximate surface area is 102 Å². The van der Waals surface area contributed by atoms with E-state index in [4.69, 9.17) is 5.73 Å². The van der Waals surface area contributed by atoms with E-state index < -0.39 is 0 Å². The molecule has 0 spiro atoms. The number of carbonyl (C=O) groups is 1. The number of hydrogen-bond donors (Lipinski definition) is 1. The van der Waals surface area contributed by atoms with Crippen LogP contribution in [-0.2, 0) is 17.9 Å². The highest BCUT2D eigenvalue weighted by atomic mass is 16.2. The number of rotatable bonds is 7. The minimum absolute atomic E-state index is 0.0782. The Bertz CT molecular complexity index is 349. The van der Waals surface area contributed by atoms with Gasteiger partial charge in [-0.05, 0) is 13.3 Å². The Morgan fingerprint density at radius 2 is 2.29 bits per heavy atom. The average Bonchev–Trinajstić information content (AvgIpc) is 2.77. The van der Waals surface area contributed by atoms with Gasteiger partial charge in [-0.25, -0.2) is 4.68 Å². The van der Waals surface area contributed by atoms with Gasteiger partial charge < -0.3 is 10.6 Å². The molecule has 6 heteroatoms. The van der Waals surface area contributed by atoms with Crippen molar-refractivity contribution in [2.24, 2.45) is 5.73 Å². The maximum absolute atomic E-state index is 12.0. The number of amides is 1. The van der Waals surface area contributed by atoms with Crippen LogP contribution in [0.2, 0.25) is 0 Å². The first-order valence-corrected chi connectivity index (χ1v) is 6.08. The van der Waals surface area contributed by atoms with Crippen molar-refractivity contribution in [1.82, 2.24) is 19.9 Å². The second kappa shape index (κ2) is 7.01. The van der Waals surface area contributed by atoms with Crippen LogP contribution in [0.15, 0.2) is 6.20 Å². The lowest BCUT2D eigenvalue weighted by Gasteiger charge is -2.20. The van der Waals surface area contributed by atoms with E-state index in [0.29, 0.717) is 12.2 Å². The Balaban J connectivity index is 2.51. The lowest BCUT2D eigenvalue weighted by molar-refractivity contribution is -0.131. The van der Waals surface area contributed by atoms with Crippen molar-refractivity contribution in [3.05, 3.63) is 11.9 Å². The largest absolute Gasteiger partial charge is 0.341 e. The van der Waals surface area contributed by atoms with Crippen molar-refractivity contribution in [2.75, 3.05) is 13.1 Å². The van der Waals surface area contributed by atoms with Gasteiger partial charge in [0.15, 0.2) is 0 Å². The summed E-state index contributed by atoms with van der Waals surface area (Å²) < 4.78 is 1.54. The minimum Gasteiger partial charge on any atom is -0.341 e. The van der Waals surface area contributed by atoms with Crippen LogP contribution in [0.5, 0.6) is 0 Å². The van der Waals surface area contributed by atoms with E-state index in [1.807, 2.05) is 11.8 Å². The summed E-state index contributed by atoms with van der Waals surface area (Å²) in [4.78, 5) is 13.8. The summed E-state index contributed by atoms with van der Waals surface area (Å²) >= 11 is 0. The Morgan fingerprint density at radius 1 is 1.53 bits per heavy atom. The third-order valence-electron chi connectivity index (χ3n) is 2.61. The molecule has 0 aliphatic rings. The number of hydrogen-bond acceptors (Lipinski definition) is 4. The van der Waals surface area contributed by atoms with Crippen molar-refractivity contribution in [3.63, 3.8) is 0 Å². The fraction of sp³-hybridized carbons (Fsp3) is 0.727. The van der Waals surface area contributed by atoms with Crippen molar-refractivity contribution in [1.29, 1.82) is 0 Å². The number of nitrogens with two attached hydrogens (primary N) is 1. The Kier molecular flexibility index (Phi) is 5.62. The number of likely N-dealkylation sites (N-methyl/N-ethyl adjacent to an activating group) is 1. The first kappa shape index (κ1) is 13.6. The normalized spacial score (nSPS) is 10.5. The van der Waals surface area contributed by atoms with Gasteiger partial charge in [0.1, 0.15) is 6.54 Å². The summed E-state index contributed by atoms with van der Waals surface area (Å²) in [5.74, 6) is 0.0782. The molecule has 1 heterocycles. The summed E-state index contributed by atoms with van der Waals surface area (Å²) in [5.41, 5.74) is 6.14. The zero-order valence-electron chi connectivity index (χ0n) is 10.6. The molecule has 0 fully saturated rings. The molecule has 0 atom stereocenters. The van der Waals surface area contributed by atoms with Crippen LogP contribution in [0, 0.1) is 0 Å². The molecule has 1 aromatic heterocycles. The van der Waals surface area contributed by atoms with Gasteiger partial charge >= 0.3 is 0 Å². The average molecular weight is 239 g/mol. The van der Waals surface area contributed by atoms with E-state index in [1.165, 1.54) is 0 Å². The third-order valence-corrected chi connectivity index (χ3v) is 2.61. The molecule has 0 aliphatic carbocycles. The molecule has 1 aromatic rings. The molecule has 0 radical (unpaired) electrons. The Morgan fingerprint density at radius 3 is 2.82 bits per heavy atom. The third kappa shape index (κ3) is 4.14. The van der Waals surface area contributed by atoms with Gasteiger partial charge in [-0.15, -0.1) is 5.10 Å². The molecule has 0 saturated carbocycles. The van der Waals surface area contributed by atoms with E-state index in [0.717, 1.165) is 25.9 Å². The van der Waals surface area contributed by atoms with Crippen LogP contribution >= 0.6 is 0 Å². The lowest BCUT2D eigenvalue weighted by Crippen LogP contribution is -2.34. The van der Waals surface area contributed by atoms with Crippen molar-refractivity contribution in [2.45, 2.75) is 39.8 Å². The first-order chi connectivity index (χ1) is 8.21. The molecule has 0 aromatic carbocycles. The van der Waals surface area contributed by atoms with Gasteiger partial charge in [-0.1, -0.05) is 18.6 Å². The standard InChI is InChI=1S/C11H21N5O/c1-3-5-6-15(4-2)11(17)9-16-8-10(7-12)13-14-16/h8H,3-7,9,12H2,1-2H3. The first-order valence-electron chi connectivity index (χ1n) is 6.08. The molecule has 2 N–H and O–H groups in total. The fourth-order valence-electron chi connectivity index (χ4n) is 1.56. The highest BCUT2D eigenvalue weighted by molar-refractivity contribution is 5.75. The maximum atomic E-state index is 12.0. The molecule has 6 nitrogen and oxygen atoms in total. The van der Waals surface area contributed by atoms with Crippen LogP contribution in [0.1, 0.15) is 32.4 Å². The number of aromatic nitrogens is 3. The van der Waals surface area contributed by atoms with E-state index >= 15 is 0 Å². The van der Waals surface area contributed by atoms with Gasteiger partial charge in [-0.3, -0.25) is 4.79 Å². The highest BCUT2D eigenvalue weighted by Gasteiger charge is 2.12. The lowest BCUT2D eigenvalue weighted by atomic mass is 10.3. The second-order valence-corrected chi connectivity index (χ2v) is 3.94. The summed E-state index contributed by atoms with van der Waals surface area (Å²) in [6.45, 7) is 6.23. The van der Waals surface area contributed by atoms with Crippen LogP contribution in [0.25, 0.3) is 0 Å². The quantitative estimate of drug-likeness (QED) is 0.746. The topological polar surface area (TPSA) is 77.0 Å². The van der Waals surface area contributed by atoms with Crippen molar-refractivity contribution >= 4 is 5.91 Å². The Hall–Kier alpha value is -1.43. The monoisotopic (exact) mass is 239 g/mol. The predicted molar refractivity (Wildman–Crippen MR) is 65.1 cm³/mol. The van der Waals surface area contributed by atoms with Gasteiger partial charge in [0.05, 0.1) is 11.9 Å². The summed E-state index contributed by atoms with van der Waals surface area (Å²) in [5, 5.41) is 7.72. The molecule has 96 valence electrons. The number of nitrogens with zero attached hydrogens (tertiary/aromatic N) is 4. The zero-order valence-corrected chi connectivity index (χ0v) is 10.6. The van der Waals surface area contributed by atoms with Crippen molar-refractivity contribution in [3.8, 4) is 0 Å². The molecule has 0 unspecified atom stereocenters. The number of unbranched alkanes of at least 4 members (excludes halogenated alkanes) is 1. The fourth-order valence-corrected chi connectivity index (χ4v) is 1.56. The van der Waals surface area contributed by atoms with E-state index in [9.17, 15) is 4.79 Å². The van der Waals surface area contributed by atoms with Gasteiger partial charge in [0.2, 0.25) is 5.91 Å². The molecule has 0 aliphatic heterocycles. The smallest absolute Gasteiger partial charge is 0.244 e. The van der Waals surface area contributed by atoms with Crippen LogP contribution < -0.4 is 5.73 Å². The summed E-state index contributed by atoms with van der Waals surface area (Å²) in [7, 11) is 0. The van der Waals surface area contributed by atoms with E-state index in [2.05, 4.69) is 17.2 Å². The second-order valence-electron chi connectivity index (χ2n) is 3.94. The van der Waals surface area contributed by atoms with Gasteiger partial charge in [0.25, 0.3) is 0 Å². The van der Waals surface area contributed by atoms with Gasteiger partial charge in [0, 0.05) is 19.6 Å². The van der Waals surface area contributed by atoms with Gasteiger partial charge in [-0.2, -0.15) is 0 Å². The van der Waals surface area contributed by atoms with E-state index in [1.54, 1.807) is 10.9 Å². The van der Waals surface area contributed by atoms with Crippen LogP contribution in [0.3, 0.4) is 0 Å². The molecule has 0 saturated heterocycles. The molecular formula is C11H21N5O. The maximum Gasteiger partial charge on any atom is 0.244 e. The highest BCUT2D eigenvalue weighted by Crippen LogP contribution is 1.98. The predicted octanol–water partition coefficient (Wildman–Crippen LogP) is 0.385. The molecule has 1 rings (SSSR count). The van der Waals surface area contributed by atoms with Crippen LogP contribution in [-0.4, -0.2) is 38.9 Å². The summed E-state index contributed by atoms with van der Waals surface area (Å²) in [6, 6.07) is 0. The van der Waals surface area contributed by atoms with Crippen LogP contribution in [0.4, 0.5) is 0 Å². The molecule has 1 amide bonds. The summed E-state index contributed by atoms with van der Waals surface area (Å²) in [6.07, 6.45) is 3.83. The molecule has 0 bridgehead atoms. The SMILES string of the molecule is CCCCN(CC)C(=O)Cn1cc(CN)nn1. The van der Waals surface area contributed by atoms with Crippen molar-refractivity contribution < 1.29 is 4.79 Å². The minimum atomic E-state index is 0.0782.